The molecule has 0 atom stereocenters. The van der Waals surface area contributed by atoms with E-state index in [1.165, 1.54) is 0 Å². The molecule has 0 aromatic heterocycles. The molecule has 1 fully saturated rings. The number of hydrogen-bond donors (Lipinski definition) is 2. The van der Waals surface area contributed by atoms with Gasteiger partial charge in [0.15, 0.2) is 0 Å². The standard InChI is InChI=1S/C7H14N2O2/c8-5-7(10)9-6-1-3-11-4-2-6/h6H,1-5,8H2,(H,9,10). The Hall–Kier alpha value is -0.610. The van der Waals surface area contributed by atoms with Crippen molar-refractivity contribution < 1.29 is 9.53 Å². The summed E-state index contributed by atoms with van der Waals surface area (Å²) in [5.74, 6) is -0.0723. The highest BCUT2D eigenvalue weighted by atomic mass is 16.5. The Morgan fingerprint density at radius 3 is 2.73 bits per heavy atom. The highest BCUT2D eigenvalue weighted by Crippen LogP contribution is 2.05. The summed E-state index contributed by atoms with van der Waals surface area (Å²) in [6.07, 6.45) is 1.82. The van der Waals surface area contributed by atoms with Gasteiger partial charge in [-0.25, -0.2) is 0 Å². The van der Waals surface area contributed by atoms with Crippen LogP contribution in [0, 0.1) is 0 Å². The number of carbonyl (C=O) groups is 1. The van der Waals surface area contributed by atoms with Gasteiger partial charge in [-0.3, -0.25) is 4.79 Å². The highest BCUT2D eigenvalue weighted by Gasteiger charge is 2.14. The average molecular weight is 158 g/mol. The van der Waals surface area contributed by atoms with Crippen LogP contribution < -0.4 is 11.1 Å². The monoisotopic (exact) mass is 158 g/mol. The zero-order valence-corrected chi connectivity index (χ0v) is 6.51. The van der Waals surface area contributed by atoms with Gasteiger partial charge in [0.1, 0.15) is 0 Å². The Bertz CT molecular complexity index is 132. The molecule has 11 heavy (non-hydrogen) atoms. The topological polar surface area (TPSA) is 64.4 Å². The predicted octanol–water partition coefficient (Wildman–Crippen LogP) is -0.760. The van der Waals surface area contributed by atoms with Crippen LogP contribution in [0.4, 0.5) is 0 Å². The maximum absolute atomic E-state index is 10.8. The molecule has 0 aromatic rings. The van der Waals surface area contributed by atoms with Crippen molar-refractivity contribution in [3.63, 3.8) is 0 Å². The first kappa shape index (κ1) is 8.49. The molecular weight excluding hydrogens is 144 g/mol. The molecule has 1 heterocycles. The van der Waals surface area contributed by atoms with Crippen molar-refractivity contribution in [3.05, 3.63) is 0 Å². The summed E-state index contributed by atoms with van der Waals surface area (Å²) in [5.41, 5.74) is 5.15. The van der Waals surface area contributed by atoms with Gasteiger partial charge in [-0.2, -0.15) is 0 Å². The van der Waals surface area contributed by atoms with E-state index in [0.29, 0.717) is 0 Å². The van der Waals surface area contributed by atoms with Gasteiger partial charge in [0.05, 0.1) is 6.54 Å². The van der Waals surface area contributed by atoms with E-state index in [0.717, 1.165) is 26.1 Å². The molecule has 1 aliphatic rings. The number of amides is 1. The van der Waals surface area contributed by atoms with Gasteiger partial charge >= 0.3 is 0 Å². The number of rotatable bonds is 2. The summed E-state index contributed by atoms with van der Waals surface area (Å²) in [5, 5.41) is 2.82. The molecule has 0 saturated carbocycles. The van der Waals surface area contributed by atoms with Crippen LogP contribution in [0.2, 0.25) is 0 Å². The number of nitrogens with two attached hydrogens (primary N) is 1. The lowest BCUT2D eigenvalue weighted by atomic mass is 10.1. The van der Waals surface area contributed by atoms with Crippen molar-refractivity contribution >= 4 is 5.91 Å². The quantitative estimate of drug-likeness (QED) is 0.555. The second-order valence-electron chi connectivity index (χ2n) is 2.66. The van der Waals surface area contributed by atoms with Gasteiger partial charge in [0, 0.05) is 19.3 Å². The molecular formula is C7H14N2O2. The number of hydrogen-bond acceptors (Lipinski definition) is 3. The van der Waals surface area contributed by atoms with E-state index in [2.05, 4.69) is 5.32 Å². The molecule has 1 aliphatic heterocycles. The van der Waals surface area contributed by atoms with Crippen LogP contribution in [-0.4, -0.2) is 31.7 Å². The van der Waals surface area contributed by atoms with Gasteiger partial charge < -0.3 is 15.8 Å². The van der Waals surface area contributed by atoms with Gasteiger partial charge in [0.25, 0.3) is 0 Å². The number of ether oxygens (including phenoxy) is 1. The lowest BCUT2D eigenvalue weighted by Gasteiger charge is -2.22. The van der Waals surface area contributed by atoms with Crippen molar-refractivity contribution in [2.24, 2.45) is 5.73 Å². The van der Waals surface area contributed by atoms with Gasteiger partial charge in [-0.15, -0.1) is 0 Å². The lowest BCUT2D eigenvalue weighted by Crippen LogP contribution is -2.41. The van der Waals surface area contributed by atoms with Crippen LogP contribution >= 0.6 is 0 Å². The van der Waals surface area contributed by atoms with E-state index in [9.17, 15) is 4.79 Å². The fourth-order valence-corrected chi connectivity index (χ4v) is 1.13. The Balaban J connectivity index is 2.19. The molecule has 0 radical (unpaired) electrons. The third-order valence-electron chi connectivity index (χ3n) is 1.77. The summed E-state index contributed by atoms with van der Waals surface area (Å²) in [6.45, 7) is 1.57. The molecule has 0 unspecified atom stereocenters. The van der Waals surface area contributed by atoms with Crippen LogP contribution in [-0.2, 0) is 9.53 Å². The largest absolute Gasteiger partial charge is 0.381 e. The van der Waals surface area contributed by atoms with E-state index in [4.69, 9.17) is 10.5 Å². The fraction of sp³-hybridized carbons (Fsp3) is 0.857. The SMILES string of the molecule is NCC(=O)NC1CCOCC1. The molecule has 0 aromatic carbocycles. The minimum Gasteiger partial charge on any atom is -0.381 e. The average Bonchev–Trinajstić information content (AvgIpc) is 2.06. The molecule has 1 rings (SSSR count). The Kier molecular flexibility index (Phi) is 3.32. The van der Waals surface area contributed by atoms with E-state index >= 15 is 0 Å². The van der Waals surface area contributed by atoms with Crippen molar-refractivity contribution in [1.82, 2.24) is 5.32 Å². The zero-order valence-electron chi connectivity index (χ0n) is 6.51. The molecule has 0 bridgehead atoms. The summed E-state index contributed by atoms with van der Waals surface area (Å²) in [4.78, 5) is 10.8. The van der Waals surface area contributed by atoms with Crippen LogP contribution in [0.25, 0.3) is 0 Å². The third-order valence-corrected chi connectivity index (χ3v) is 1.77. The second-order valence-corrected chi connectivity index (χ2v) is 2.66. The molecule has 1 amide bonds. The van der Waals surface area contributed by atoms with Gasteiger partial charge in [-0.1, -0.05) is 0 Å². The van der Waals surface area contributed by atoms with Crippen molar-refractivity contribution in [2.75, 3.05) is 19.8 Å². The van der Waals surface area contributed by atoms with Gasteiger partial charge in [0.2, 0.25) is 5.91 Å². The highest BCUT2D eigenvalue weighted by molar-refractivity contribution is 5.78. The Morgan fingerprint density at radius 1 is 1.55 bits per heavy atom. The van der Waals surface area contributed by atoms with Crippen molar-refractivity contribution in [1.29, 1.82) is 0 Å². The maximum atomic E-state index is 10.8. The van der Waals surface area contributed by atoms with E-state index in [-0.39, 0.29) is 18.5 Å². The summed E-state index contributed by atoms with van der Waals surface area (Å²) in [7, 11) is 0. The van der Waals surface area contributed by atoms with Crippen molar-refractivity contribution in [3.8, 4) is 0 Å². The summed E-state index contributed by atoms with van der Waals surface area (Å²) in [6, 6.07) is 0.278. The zero-order chi connectivity index (χ0) is 8.10. The molecule has 0 spiro atoms. The molecule has 3 N–H and O–H groups in total. The summed E-state index contributed by atoms with van der Waals surface area (Å²) < 4.78 is 5.13. The first-order valence-electron chi connectivity index (χ1n) is 3.90. The molecule has 0 aliphatic carbocycles. The normalized spacial score (nSPS) is 19.7. The molecule has 64 valence electrons. The van der Waals surface area contributed by atoms with E-state index in [1.54, 1.807) is 0 Å². The number of nitrogens with one attached hydrogen (secondary N) is 1. The fourth-order valence-electron chi connectivity index (χ4n) is 1.13. The van der Waals surface area contributed by atoms with Gasteiger partial charge in [-0.05, 0) is 12.8 Å². The molecule has 4 nitrogen and oxygen atoms in total. The Labute approximate surface area is 66.1 Å². The predicted molar refractivity (Wildman–Crippen MR) is 41.0 cm³/mol. The van der Waals surface area contributed by atoms with Crippen molar-refractivity contribution in [2.45, 2.75) is 18.9 Å². The molecule has 1 saturated heterocycles. The second kappa shape index (κ2) is 4.31. The van der Waals surface area contributed by atoms with E-state index in [1.807, 2.05) is 0 Å². The lowest BCUT2D eigenvalue weighted by molar-refractivity contribution is -0.121. The number of carbonyl (C=O) groups excluding carboxylic acids is 1. The van der Waals surface area contributed by atoms with Crippen LogP contribution in [0.1, 0.15) is 12.8 Å². The van der Waals surface area contributed by atoms with Crippen LogP contribution in [0.3, 0.4) is 0 Å². The first-order valence-corrected chi connectivity index (χ1v) is 3.90. The third kappa shape index (κ3) is 2.86. The maximum Gasteiger partial charge on any atom is 0.233 e. The summed E-state index contributed by atoms with van der Waals surface area (Å²) >= 11 is 0. The first-order chi connectivity index (χ1) is 5.33. The van der Waals surface area contributed by atoms with E-state index < -0.39 is 0 Å². The minimum absolute atomic E-state index is 0.0723. The Morgan fingerprint density at radius 2 is 2.18 bits per heavy atom. The smallest absolute Gasteiger partial charge is 0.233 e. The van der Waals surface area contributed by atoms with Crippen LogP contribution in [0.5, 0.6) is 0 Å². The molecule has 4 heteroatoms. The van der Waals surface area contributed by atoms with Crippen LogP contribution in [0.15, 0.2) is 0 Å². The minimum atomic E-state index is -0.0723.